The molecular weight excluding hydrogens is 316 g/mol. The van der Waals surface area contributed by atoms with Crippen LogP contribution in [0.25, 0.3) is 0 Å². The number of piperidine rings is 1. The van der Waals surface area contributed by atoms with E-state index < -0.39 is 0 Å². The first-order chi connectivity index (χ1) is 9.59. The fourth-order valence-electron chi connectivity index (χ4n) is 2.63. The van der Waals surface area contributed by atoms with Gasteiger partial charge in [0.1, 0.15) is 0 Å². The van der Waals surface area contributed by atoms with Crippen molar-refractivity contribution in [2.45, 2.75) is 45.2 Å². The second-order valence-corrected chi connectivity index (χ2v) is 6.53. The highest BCUT2D eigenvalue weighted by atomic mass is 79.9. The summed E-state index contributed by atoms with van der Waals surface area (Å²) < 4.78 is 0.868. The van der Waals surface area contributed by atoms with Gasteiger partial charge >= 0.3 is 0 Å². The molecule has 0 saturated carbocycles. The van der Waals surface area contributed by atoms with Gasteiger partial charge < -0.3 is 10.2 Å². The first-order valence-electron chi connectivity index (χ1n) is 7.38. The van der Waals surface area contributed by atoms with Gasteiger partial charge in [0, 0.05) is 23.1 Å². The topological polar surface area (TPSA) is 32.3 Å². The van der Waals surface area contributed by atoms with Gasteiger partial charge in [0.2, 0.25) is 0 Å². The summed E-state index contributed by atoms with van der Waals surface area (Å²) in [7, 11) is 0. The van der Waals surface area contributed by atoms with E-state index in [-0.39, 0.29) is 11.9 Å². The first kappa shape index (κ1) is 15.5. The van der Waals surface area contributed by atoms with Crippen LogP contribution in [0.2, 0.25) is 0 Å². The van der Waals surface area contributed by atoms with Crippen LogP contribution in [-0.2, 0) is 0 Å². The zero-order valence-corrected chi connectivity index (χ0v) is 13.8. The Labute approximate surface area is 129 Å². The molecule has 3 nitrogen and oxygen atoms in total. The first-order valence-corrected chi connectivity index (χ1v) is 8.17. The number of hydrogen-bond acceptors (Lipinski definition) is 2. The smallest absolute Gasteiger partial charge is 0.255 e. The number of rotatable bonds is 4. The third kappa shape index (κ3) is 3.83. The molecule has 0 aromatic heterocycles. The van der Waals surface area contributed by atoms with Crippen LogP contribution in [0.3, 0.4) is 0 Å². The van der Waals surface area contributed by atoms with Crippen molar-refractivity contribution in [2.24, 2.45) is 0 Å². The molecule has 2 rings (SSSR count). The van der Waals surface area contributed by atoms with Crippen LogP contribution in [0.4, 0.5) is 0 Å². The number of nitrogens with one attached hydrogen (secondary N) is 1. The Hall–Kier alpha value is -0.870. The lowest BCUT2D eigenvalue weighted by Crippen LogP contribution is -2.48. The number of halogens is 1. The molecule has 1 aliphatic heterocycles. The Morgan fingerprint density at radius 1 is 1.40 bits per heavy atom. The van der Waals surface area contributed by atoms with E-state index in [1.54, 1.807) is 0 Å². The summed E-state index contributed by atoms with van der Waals surface area (Å²) in [6.45, 7) is 6.02. The van der Waals surface area contributed by atoms with Crippen LogP contribution in [0.15, 0.2) is 28.7 Å². The Morgan fingerprint density at radius 2 is 2.15 bits per heavy atom. The summed E-state index contributed by atoms with van der Waals surface area (Å²) in [5.41, 5.74) is 0.747. The van der Waals surface area contributed by atoms with Gasteiger partial charge in [-0.05, 0) is 61.3 Å². The van der Waals surface area contributed by atoms with Crippen LogP contribution < -0.4 is 5.32 Å². The molecule has 1 aliphatic rings. The van der Waals surface area contributed by atoms with Gasteiger partial charge in [0.25, 0.3) is 5.91 Å². The van der Waals surface area contributed by atoms with Crippen molar-refractivity contribution >= 4 is 21.8 Å². The average Bonchev–Trinajstić information content (AvgIpc) is 2.45. The Balaban J connectivity index is 2.11. The van der Waals surface area contributed by atoms with Crippen molar-refractivity contribution in [3.8, 4) is 0 Å². The van der Waals surface area contributed by atoms with Crippen LogP contribution >= 0.6 is 15.9 Å². The fraction of sp³-hybridized carbons (Fsp3) is 0.562. The Morgan fingerprint density at radius 3 is 2.75 bits per heavy atom. The van der Waals surface area contributed by atoms with Gasteiger partial charge in [-0.3, -0.25) is 4.79 Å². The highest BCUT2D eigenvalue weighted by Gasteiger charge is 2.24. The van der Waals surface area contributed by atoms with Crippen molar-refractivity contribution in [3.63, 3.8) is 0 Å². The lowest BCUT2D eigenvalue weighted by molar-refractivity contribution is 0.0676. The summed E-state index contributed by atoms with van der Waals surface area (Å²) in [5, 5.41) is 3.52. The number of carbonyl (C=O) groups excluding carboxylic acids is 1. The second kappa shape index (κ2) is 7.23. The molecule has 1 saturated heterocycles. The fourth-order valence-corrected chi connectivity index (χ4v) is 3.09. The van der Waals surface area contributed by atoms with E-state index in [0.717, 1.165) is 29.5 Å². The molecule has 0 radical (unpaired) electrons. The van der Waals surface area contributed by atoms with Gasteiger partial charge in [0.05, 0.1) is 5.56 Å². The van der Waals surface area contributed by atoms with Gasteiger partial charge in [0.15, 0.2) is 0 Å². The highest BCUT2D eigenvalue weighted by molar-refractivity contribution is 9.10. The number of carbonyl (C=O) groups is 1. The van der Waals surface area contributed by atoms with Gasteiger partial charge in [-0.25, -0.2) is 0 Å². The van der Waals surface area contributed by atoms with E-state index in [1.165, 1.54) is 12.8 Å². The number of hydrogen-bond donors (Lipinski definition) is 1. The normalized spacial score (nSPS) is 19.1. The molecule has 1 unspecified atom stereocenters. The third-order valence-corrected chi connectivity index (χ3v) is 4.51. The average molecular weight is 339 g/mol. The molecule has 1 amide bonds. The molecule has 1 aromatic rings. The van der Waals surface area contributed by atoms with Crippen molar-refractivity contribution in [1.82, 2.24) is 10.2 Å². The second-order valence-electron chi connectivity index (χ2n) is 5.68. The van der Waals surface area contributed by atoms with E-state index in [2.05, 4.69) is 35.1 Å². The van der Waals surface area contributed by atoms with Crippen molar-refractivity contribution in [1.29, 1.82) is 0 Å². The summed E-state index contributed by atoms with van der Waals surface area (Å²) in [5.74, 6) is 0.111. The molecule has 4 heteroatoms. The summed E-state index contributed by atoms with van der Waals surface area (Å²) in [6, 6.07) is 8.29. The number of amides is 1. The molecule has 0 spiro atoms. The van der Waals surface area contributed by atoms with Crippen LogP contribution in [-0.4, -0.2) is 36.0 Å². The highest BCUT2D eigenvalue weighted by Crippen LogP contribution is 2.20. The third-order valence-electron chi connectivity index (χ3n) is 3.82. The van der Waals surface area contributed by atoms with Crippen LogP contribution in [0.1, 0.15) is 43.5 Å². The van der Waals surface area contributed by atoms with Crippen molar-refractivity contribution in [3.05, 3.63) is 34.3 Å². The SMILES string of the molecule is CC(C)N(CC1CCCCN1)C(=O)c1ccccc1Br. The van der Waals surface area contributed by atoms with Gasteiger partial charge in [-0.15, -0.1) is 0 Å². The zero-order chi connectivity index (χ0) is 14.5. The molecular formula is C16H23BrN2O. The molecule has 110 valence electrons. The molecule has 1 fully saturated rings. The minimum Gasteiger partial charge on any atom is -0.335 e. The Bertz CT molecular complexity index is 456. The molecule has 0 aliphatic carbocycles. The van der Waals surface area contributed by atoms with Crippen LogP contribution in [0, 0.1) is 0 Å². The monoisotopic (exact) mass is 338 g/mol. The van der Waals surface area contributed by atoms with Gasteiger partial charge in [-0.1, -0.05) is 18.6 Å². The maximum Gasteiger partial charge on any atom is 0.255 e. The summed E-state index contributed by atoms with van der Waals surface area (Å²) in [6.07, 6.45) is 3.66. The van der Waals surface area contributed by atoms with E-state index in [0.29, 0.717) is 6.04 Å². The maximum absolute atomic E-state index is 12.7. The van der Waals surface area contributed by atoms with E-state index in [9.17, 15) is 4.79 Å². The van der Waals surface area contributed by atoms with E-state index >= 15 is 0 Å². The van der Waals surface area contributed by atoms with Crippen molar-refractivity contribution in [2.75, 3.05) is 13.1 Å². The minimum atomic E-state index is 0.111. The van der Waals surface area contributed by atoms with Crippen LogP contribution in [0.5, 0.6) is 0 Å². The molecule has 1 aromatic carbocycles. The number of benzene rings is 1. The predicted octanol–water partition coefficient (Wildman–Crippen LogP) is 3.44. The standard InChI is InChI=1S/C16H23BrN2O/c1-12(2)19(11-13-7-5-6-10-18-13)16(20)14-8-3-4-9-15(14)17/h3-4,8-9,12-13,18H,5-7,10-11H2,1-2H3. The quantitative estimate of drug-likeness (QED) is 0.911. The van der Waals surface area contributed by atoms with E-state index in [1.807, 2.05) is 29.2 Å². The summed E-state index contributed by atoms with van der Waals surface area (Å²) >= 11 is 3.48. The molecule has 20 heavy (non-hydrogen) atoms. The predicted molar refractivity (Wildman–Crippen MR) is 86.0 cm³/mol. The number of nitrogens with zero attached hydrogens (tertiary/aromatic N) is 1. The minimum absolute atomic E-state index is 0.111. The van der Waals surface area contributed by atoms with E-state index in [4.69, 9.17) is 0 Å². The zero-order valence-electron chi connectivity index (χ0n) is 12.2. The Kier molecular flexibility index (Phi) is 5.61. The molecule has 1 N–H and O–H groups in total. The summed E-state index contributed by atoms with van der Waals surface area (Å²) in [4.78, 5) is 14.7. The molecule has 0 bridgehead atoms. The largest absolute Gasteiger partial charge is 0.335 e. The maximum atomic E-state index is 12.7. The van der Waals surface area contributed by atoms with Gasteiger partial charge in [-0.2, -0.15) is 0 Å². The molecule has 1 atom stereocenters. The lowest BCUT2D eigenvalue weighted by Gasteiger charge is -2.33. The lowest BCUT2D eigenvalue weighted by atomic mass is 10.0. The van der Waals surface area contributed by atoms with Crippen molar-refractivity contribution < 1.29 is 4.79 Å². The molecule has 1 heterocycles.